The van der Waals surface area contributed by atoms with Crippen molar-refractivity contribution < 1.29 is 9.59 Å². The maximum absolute atomic E-state index is 12.6. The predicted octanol–water partition coefficient (Wildman–Crippen LogP) is 5.42. The van der Waals surface area contributed by atoms with Gasteiger partial charge in [-0.25, -0.2) is 0 Å². The quantitative estimate of drug-likeness (QED) is 0.329. The lowest BCUT2D eigenvalue weighted by Gasteiger charge is -2.30. The van der Waals surface area contributed by atoms with E-state index in [2.05, 4.69) is 33.4 Å². The normalized spacial score (nSPS) is 20.1. The number of Topliss-reactive ketones (excluding diaryl/α,β-unsaturated/α-hetero) is 1. The monoisotopic (exact) mass is 508 g/mol. The van der Waals surface area contributed by atoms with Gasteiger partial charge < -0.3 is 15.2 Å². The second-order valence-corrected chi connectivity index (χ2v) is 10.8. The molecule has 0 atom stereocenters. The largest absolute Gasteiger partial charge is 0.360 e. The molecule has 1 saturated carbocycles. The number of hydrogen-bond acceptors (Lipinski definition) is 4. The average molecular weight is 509 g/mol. The SMILES string of the molecule is CC(=O)c1c[nH]c2ccc(/C=C/C(=O)NC3CCC(CCN4CCc5ccc(C#N)cc5CC4)CC3)cc12. The van der Waals surface area contributed by atoms with Gasteiger partial charge in [0, 0.05) is 47.9 Å². The number of carbonyl (C=O) groups excluding carboxylic acids is 2. The fraction of sp³-hybridized carbons (Fsp3) is 0.406. The number of fused-ring (bicyclic) bond motifs is 2. The molecule has 2 aliphatic rings. The van der Waals surface area contributed by atoms with Gasteiger partial charge in [0.15, 0.2) is 5.78 Å². The molecule has 38 heavy (non-hydrogen) atoms. The lowest BCUT2D eigenvalue weighted by molar-refractivity contribution is -0.117. The number of ketones is 1. The Hall–Kier alpha value is -3.69. The van der Waals surface area contributed by atoms with Gasteiger partial charge in [0.05, 0.1) is 11.6 Å². The van der Waals surface area contributed by atoms with Gasteiger partial charge >= 0.3 is 0 Å². The van der Waals surface area contributed by atoms with E-state index < -0.39 is 0 Å². The summed E-state index contributed by atoms with van der Waals surface area (Å²) in [6, 6.07) is 14.5. The number of nitrogens with zero attached hydrogens (tertiary/aromatic N) is 2. The molecule has 196 valence electrons. The zero-order valence-corrected chi connectivity index (χ0v) is 22.1. The van der Waals surface area contributed by atoms with Crippen LogP contribution in [-0.2, 0) is 17.6 Å². The zero-order chi connectivity index (χ0) is 26.5. The van der Waals surface area contributed by atoms with Crippen LogP contribution in [0.4, 0.5) is 0 Å². The second-order valence-electron chi connectivity index (χ2n) is 10.8. The second kappa shape index (κ2) is 11.8. The minimum absolute atomic E-state index is 0.0258. The Morgan fingerprint density at radius 2 is 1.87 bits per heavy atom. The van der Waals surface area contributed by atoms with Crippen LogP contribution >= 0.6 is 0 Å². The van der Waals surface area contributed by atoms with E-state index >= 15 is 0 Å². The minimum Gasteiger partial charge on any atom is -0.360 e. The first-order valence-electron chi connectivity index (χ1n) is 13.8. The average Bonchev–Trinajstić information content (AvgIpc) is 3.25. The summed E-state index contributed by atoms with van der Waals surface area (Å²) in [7, 11) is 0. The summed E-state index contributed by atoms with van der Waals surface area (Å²) in [5.41, 5.74) is 5.99. The highest BCUT2D eigenvalue weighted by Crippen LogP contribution is 2.28. The van der Waals surface area contributed by atoms with Crippen molar-refractivity contribution in [2.45, 2.75) is 57.9 Å². The number of H-pyrrole nitrogens is 1. The van der Waals surface area contributed by atoms with Crippen LogP contribution in [0.5, 0.6) is 0 Å². The number of rotatable bonds is 7. The number of carbonyl (C=O) groups is 2. The summed E-state index contributed by atoms with van der Waals surface area (Å²) in [5.74, 6) is 0.689. The Kier molecular flexibility index (Phi) is 8.05. The van der Waals surface area contributed by atoms with Crippen LogP contribution in [0.2, 0.25) is 0 Å². The van der Waals surface area contributed by atoms with Crippen LogP contribution in [0, 0.1) is 17.2 Å². The Labute approximate surface area is 224 Å². The zero-order valence-electron chi connectivity index (χ0n) is 22.1. The van der Waals surface area contributed by atoms with Crippen LogP contribution < -0.4 is 5.32 Å². The van der Waals surface area contributed by atoms with E-state index in [1.165, 1.54) is 17.5 Å². The maximum atomic E-state index is 12.6. The van der Waals surface area contributed by atoms with Gasteiger partial charge in [0.25, 0.3) is 0 Å². The van der Waals surface area contributed by atoms with E-state index in [1.807, 2.05) is 30.3 Å². The molecule has 1 aromatic heterocycles. The number of nitrogens with one attached hydrogen (secondary N) is 2. The number of hydrogen-bond donors (Lipinski definition) is 2. The summed E-state index contributed by atoms with van der Waals surface area (Å²) in [5, 5.41) is 13.3. The van der Waals surface area contributed by atoms with Crippen LogP contribution in [0.25, 0.3) is 17.0 Å². The van der Waals surface area contributed by atoms with E-state index in [0.29, 0.717) is 5.56 Å². The number of amides is 1. The molecule has 0 unspecified atom stereocenters. The van der Waals surface area contributed by atoms with Crippen molar-refractivity contribution in [3.8, 4) is 6.07 Å². The first-order chi connectivity index (χ1) is 18.5. The molecule has 2 heterocycles. The molecule has 2 N–H and O–H groups in total. The molecule has 1 fully saturated rings. The maximum Gasteiger partial charge on any atom is 0.244 e. The molecule has 2 aromatic carbocycles. The number of aromatic amines is 1. The molecular formula is C32H36N4O2. The van der Waals surface area contributed by atoms with E-state index in [9.17, 15) is 14.9 Å². The van der Waals surface area contributed by atoms with Crippen LogP contribution in [0.3, 0.4) is 0 Å². The van der Waals surface area contributed by atoms with Crippen molar-refractivity contribution in [1.29, 1.82) is 5.26 Å². The van der Waals surface area contributed by atoms with Crippen LogP contribution in [0.15, 0.2) is 48.7 Å². The molecule has 1 amide bonds. The molecule has 0 saturated heterocycles. The molecule has 1 aliphatic heterocycles. The van der Waals surface area contributed by atoms with Gasteiger partial charge in [-0.2, -0.15) is 5.26 Å². The highest BCUT2D eigenvalue weighted by Gasteiger charge is 2.23. The molecule has 0 bridgehead atoms. The standard InChI is InChI=1S/C32H36N4O2/c1-22(37)30-21-34-31-10-5-24(19-29(30)31)6-11-32(38)35-28-8-3-23(4-9-28)12-15-36-16-13-26-7-2-25(20-33)18-27(26)14-17-36/h2,5-7,10-11,18-19,21,23,28,34H,3-4,8-9,12-17H2,1H3,(H,35,38)/b11-6+. The summed E-state index contributed by atoms with van der Waals surface area (Å²) in [4.78, 5) is 30.1. The molecule has 3 aromatic rings. The molecule has 0 radical (unpaired) electrons. The fourth-order valence-electron chi connectivity index (χ4n) is 5.98. The van der Waals surface area contributed by atoms with E-state index in [4.69, 9.17) is 0 Å². The highest BCUT2D eigenvalue weighted by molar-refractivity contribution is 6.07. The predicted molar refractivity (Wildman–Crippen MR) is 151 cm³/mol. The minimum atomic E-state index is -0.0573. The number of benzene rings is 2. The first-order valence-corrected chi connectivity index (χ1v) is 13.8. The Bertz CT molecular complexity index is 1390. The highest BCUT2D eigenvalue weighted by atomic mass is 16.1. The summed E-state index contributed by atoms with van der Waals surface area (Å²) in [6.07, 6.45) is 12.8. The third-order valence-electron chi connectivity index (χ3n) is 8.29. The summed E-state index contributed by atoms with van der Waals surface area (Å²) < 4.78 is 0. The van der Waals surface area contributed by atoms with Gasteiger partial charge in [0.2, 0.25) is 5.91 Å². The van der Waals surface area contributed by atoms with E-state index in [-0.39, 0.29) is 17.7 Å². The third kappa shape index (κ3) is 6.23. The Morgan fingerprint density at radius 3 is 2.63 bits per heavy atom. The van der Waals surface area contributed by atoms with E-state index in [0.717, 1.165) is 86.1 Å². The molecule has 0 spiro atoms. The summed E-state index contributed by atoms with van der Waals surface area (Å²) in [6.45, 7) is 4.84. The third-order valence-corrected chi connectivity index (χ3v) is 8.29. The molecular weight excluding hydrogens is 472 g/mol. The molecule has 6 nitrogen and oxygen atoms in total. The lowest BCUT2D eigenvalue weighted by Crippen LogP contribution is -2.37. The summed E-state index contributed by atoms with van der Waals surface area (Å²) >= 11 is 0. The number of nitriles is 1. The molecule has 1 aliphatic carbocycles. The van der Waals surface area contributed by atoms with Crippen LogP contribution in [-0.4, -0.2) is 47.3 Å². The van der Waals surface area contributed by atoms with Crippen molar-refractivity contribution in [3.05, 3.63) is 76.5 Å². The van der Waals surface area contributed by atoms with Gasteiger partial charge in [-0.15, -0.1) is 0 Å². The first kappa shape index (κ1) is 25.9. The smallest absolute Gasteiger partial charge is 0.244 e. The van der Waals surface area contributed by atoms with Crippen LogP contribution in [0.1, 0.15) is 71.6 Å². The Balaban J connectivity index is 1.05. The molecule has 5 rings (SSSR count). The van der Waals surface area contributed by atoms with Crippen molar-refractivity contribution in [2.24, 2.45) is 5.92 Å². The Morgan fingerprint density at radius 1 is 1.08 bits per heavy atom. The fourth-order valence-corrected chi connectivity index (χ4v) is 5.98. The van der Waals surface area contributed by atoms with Gasteiger partial charge in [-0.05, 0) is 111 Å². The van der Waals surface area contributed by atoms with Crippen molar-refractivity contribution in [3.63, 3.8) is 0 Å². The van der Waals surface area contributed by atoms with Gasteiger partial charge in [-0.1, -0.05) is 12.1 Å². The van der Waals surface area contributed by atoms with Crippen molar-refractivity contribution in [2.75, 3.05) is 19.6 Å². The lowest BCUT2D eigenvalue weighted by atomic mass is 9.84. The van der Waals surface area contributed by atoms with Gasteiger partial charge in [-0.3, -0.25) is 9.59 Å². The van der Waals surface area contributed by atoms with Crippen molar-refractivity contribution in [1.82, 2.24) is 15.2 Å². The van der Waals surface area contributed by atoms with E-state index in [1.54, 1.807) is 19.2 Å². The molecule has 6 heteroatoms. The topological polar surface area (TPSA) is 89.0 Å². The van der Waals surface area contributed by atoms with Gasteiger partial charge in [0.1, 0.15) is 0 Å². The van der Waals surface area contributed by atoms with Crippen molar-refractivity contribution >= 4 is 28.7 Å². The number of aromatic nitrogens is 1.